The van der Waals surface area contributed by atoms with E-state index >= 15 is 0 Å². The average Bonchev–Trinajstić information content (AvgIpc) is 2.31. The van der Waals surface area contributed by atoms with E-state index in [1.54, 1.807) is 0 Å². The molecule has 0 aliphatic rings. The highest BCUT2D eigenvalue weighted by atomic mass is 19.1. The van der Waals surface area contributed by atoms with Crippen LogP contribution in [0.2, 0.25) is 0 Å². The predicted molar refractivity (Wildman–Crippen MR) is 58.5 cm³/mol. The molecule has 2 rings (SSSR count). The number of ether oxygens (including phenoxy) is 1. The Kier molecular flexibility index (Phi) is 2.67. The molecule has 0 amide bonds. The number of benzene rings is 1. The van der Waals surface area contributed by atoms with E-state index in [-0.39, 0.29) is 16.5 Å². The van der Waals surface area contributed by atoms with Crippen LogP contribution in [0.25, 0.3) is 11.0 Å². The van der Waals surface area contributed by atoms with Crippen LogP contribution in [0.15, 0.2) is 27.4 Å². The summed E-state index contributed by atoms with van der Waals surface area (Å²) in [5, 5.41) is 0.231. The number of methoxy groups -OCH3 is 1. The zero-order valence-corrected chi connectivity index (χ0v) is 9.24. The monoisotopic (exact) mass is 236 g/mol. The van der Waals surface area contributed by atoms with E-state index in [1.807, 2.05) is 0 Å². The largest absolute Gasteiger partial charge is 0.465 e. The van der Waals surface area contributed by atoms with Gasteiger partial charge in [0.2, 0.25) is 0 Å². The van der Waals surface area contributed by atoms with E-state index in [4.69, 9.17) is 4.42 Å². The summed E-state index contributed by atoms with van der Waals surface area (Å²) in [6.45, 7) is 1.53. The van der Waals surface area contributed by atoms with Crippen molar-refractivity contribution < 1.29 is 18.3 Å². The van der Waals surface area contributed by atoms with E-state index in [9.17, 15) is 14.0 Å². The second kappa shape index (κ2) is 4.01. The molecule has 0 atom stereocenters. The van der Waals surface area contributed by atoms with Crippen molar-refractivity contribution in [3.63, 3.8) is 0 Å². The minimum Gasteiger partial charge on any atom is -0.465 e. The second-order valence-electron chi connectivity index (χ2n) is 3.55. The molecule has 0 spiro atoms. The summed E-state index contributed by atoms with van der Waals surface area (Å²) in [4.78, 5) is 22.8. The van der Waals surface area contributed by atoms with Crippen LogP contribution in [0.5, 0.6) is 0 Å². The average molecular weight is 236 g/mol. The van der Waals surface area contributed by atoms with E-state index in [1.165, 1.54) is 26.2 Å². The molecule has 0 N–H and O–H groups in total. The van der Waals surface area contributed by atoms with E-state index in [2.05, 4.69) is 4.74 Å². The molecular formula is C12H9FO4. The van der Waals surface area contributed by atoms with Gasteiger partial charge in [0.05, 0.1) is 12.7 Å². The number of halogens is 1. The Morgan fingerprint density at radius 2 is 2.12 bits per heavy atom. The molecule has 0 saturated heterocycles. The van der Waals surface area contributed by atoms with Crippen molar-refractivity contribution in [2.75, 3.05) is 7.11 Å². The molecule has 0 aliphatic carbocycles. The summed E-state index contributed by atoms with van der Waals surface area (Å²) in [5.74, 6) is -1.30. The van der Waals surface area contributed by atoms with Crippen molar-refractivity contribution >= 4 is 16.9 Å². The molecule has 5 heteroatoms. The Balaban J connectivity index is 2.89. The summed E-state index contributed by atoms with van der Waals surface area (Å²) in [6.07, 6.45) is 0. The highest BCUT2D eigenvalue weighted by Crippen LogP contribution is 2.22. The molecule has 1 aromatic heterocycles. The molecule has 0 radical (unpaired) electrons. The number of fused-ring (bicyclic) bond motifs is 1. The highest BCUT2D eigenvalue weighted by molar-refractivity contribution is 6.03. The zero-order valence-electron chi connectivity index (χ0n) is 9.24. The van der Waals surface area contributed by atoms with Crippen molar-refractivity contribution in [2.24, 2.45) is 0 Å². The summed E-state index contributed by atoms with van der Waals surface area (Å²) >= 11 is 0. The van der Waals surface area contributed by atoms with Gasteiger partial charge in [0.1, 0.15) is 0 Å². The summed E-state index contributed by atoms with van der Waals surface area (Å²) in [5.41, 5.74) is -0.397. The first-order valence-corrected chi connectivity index (χ1v) is 4.86. The number of hydrogen-bond donors (Lipinski definition) is 0. The van der Waals surface area contributed by atoms with Crippen LogP contribution in [-0.2, 0) is 4.74 Å². The van der Waals surface area contributed by atoms with Crippen molar-refractivity contribution in [3.05, 3.63) is 45.6 Å². The van der Waals surface area contributed by atoms with Gasteiger partial charge in [-0.25, -0.2) is 14.0 Å². The maximum absolute atomic E-state index is 13.5. The molecule has 0 bridgehead atoms. The first kappa shape index (κ1) is 11.3. The predicted octanol–water partition coefficient (Wildman–Crippen LogP) is 2.03. The molecule has 4 nitrogen and oxygen atoms in total. The fourth-order valence-electron chi connectivity index (χ4n) is 1.56. The molecular weight excluding hydrogens is 227 g/mol. The Morgan fingerprint density at radius 3 is 2.76 bits per heavy atom. The lowest BCUT2D eigenvalue weighted by Crippen LogP contribution is -2.07. The van der Waals surface area contributed by atoms with Crippen molar-refractivity contribution in [3.8, 4) is 0 Å². The van der Waals surface area contributed by atoms with Crippen LogP contribution in [0.4, 0.5) is 4.39 Å². The molecule has 0 aliphatic heterocycles. The quantitative estimate of drug-likeness (QED) is 0.561. The van der Waals surface area contributed by atoms with E-state index < -0.39 is 17.4 Å². The third-order valence-corrected chi connectivity index (χ3v) is 2.43. The Hall–Kier alpha value is -2.17. The molecule has 0 fully saturated rings. The Morgan fingerprint density at radius 1 is 1.41 bits per heavy atom. The third kappa shape index (κ3) is 1.80. The molecule has 1 aromatic carbocycles. The lowest BCUT2D eigenvalue weighted by Gasteiger charge is -2.05. The molecule has 0 saturated carbocycles. The number of rotatable bonds is 1. The van der Waals surface area contributed by atoms with Gasteiger partial charge in [-0.15, -0.1) is 0 Å². The van der Waals surface area contributed by atoms with Gasteiger partial charge in [-0.3, -0.25) is 0 Å². The number of aryl methyl sites for hydroxylation is 1. The van der Waals surface area contributed by atoms with Crippen molar-refractivity contribution in [2.45, 2.75) is 6.92 Å². The van der Waals surface area contributed by atoms with Gasteiger partial charge in [-0.05, 0) is 25.1 Å². The number of carbonyl (C=O) groups is 1. The van der Waals surface area contributed by atoms with Crippen LogP contribution in [0.3, 0.4) is 0 Å². The lowest BCUT2D eigenvalue weighted by atomic mass is 10.1. The van der Waals surface area contributed by atoms with Gasteiger partial charge < -0.3 is 9.15 Å². The van der Waals surface area contributed by atoms with Crippen LogP contribution in [0, 0.1) is 12.7 Å². The van der Waals surface area contributed by atoms with Crippen LogP contribution < -0.4 is 5.63 Å². The maximum Gasteiger partial charge on any atom is 0.339 e. The van der Waals surface area contributed by atoms with E-state index in [0.717, 1.165) is 6.07 Å². The van der Waals surface area contributed by atoms with Gasteiger partial charge in [0.15, 0.2) is 11.4 Å². The summed E-state index contributed by atoms with van der Waals surface area (Å²) in [6, 6.07) is 3.77. The van der Waals surface area contributed by atoms with Crippen molar-refractivity contribution in [1.82, 2.24) is 0 Å². The topological polar surface area (TPSA) is 56.5 Å². The van der Waals surface area contributed by atoms with Gasteiger partial charge in [0, 0.05) is 10.9 Å². The Labute approximate surface area is 95.6 Å². The molecule has 1 heterocycles. The number of hydrogen-bond acceptors (Lipinski definition) is 4. The van der Waals surface area contributed by atoms with Gasteiger partial charge >= 0.3 is 11.6 Å². The van der Waals surface area contributed by atoms with Crippen LogP contribution >= 0.6 is 0 Å². The summed E-state index contributed by atoms with van der Waals surface area (Å²) in [7, 11) is 1.23. The normalized spacial score (nSPS) is 10.5. The first-order valence-electron chi connectivity index (χ1n) is 4.86. The SMILES string of the molecule is COC(=O)c1ccc(F)c2oc(=O)c(C)cc12. The summed E-state index contributed by atoms with van der Waals surface area (Å²) < 4.78 is 22.9. The fourth-order valence-corrected chi connectivity index (χ4v) is 1.56. The minimum absolute atomic E-state index is 0.163. The lowest BCUT2D eigenvalue weighted by molar-refractivity contribution is 0.0603. The molecule has 0 unspecified atom stereocenters. The van der Waals surface area contributed by atoms with Gasteiger partial charge in [0.25, 0.3) is 0 Å². The minimum atomic E-state index is -0.690. The van der Waals surface area contributed by atoms with Crippen LogP contribution in [0.1, 0.15) is 15.9 Å². The number of esters is 1. The molecule has 88 valence electrons. The van der Waals surface area contributed by atoms with Gasteiger partial charge in [-0.2, -0.15) is 0 Å². The smallest absolute Gasteiger partial charge is 0.339 e. The standard InChI is InChI=1S/C12H9FO4/c1-6-5-8-7(12(15)16-2)3-4-9(13)10(8)17-11(6)14/h3-5H,1-2H3. The van der Waals surface area contributed by atoms with Crippen LogP contribution in [-0.4, -0.2) is 13.1 Å². The second-order valence-corrected chi connectivity index (χ2v) is 3.55. The van der Waals surface area contributed by atoms with Gasteiger partial charge in [-0.1, -0.05) is 0 Å². The fraction of sp³-hybridized carbons (Fsp3) is 0.167. The zero-order chi connectivity index (χ0) is 12.6. The first-order chi connectivity index (χ1) is 8.04. The highest BCUT2D eigenvalue weighted by Gasteiger charge is 2.15. The Bertz CT molecular complexity index is 657. The third-order valence-electron chi connectivity index (χ3n) is 2.43. The molecule has 2 aromatic rings. The van der Waals surface area contributed by atoms with Crippen molar-refractivity contribution in [1.29, 1.82) is 0 Å². The number of carbonyl (C=O) groups excluding carboxylic acids is 1. The van der Waals surface area contributed by atoms with E-state index in [0.29, 0.717) is 5.56 Å². The maximum atomic E-state index is 13.5. The molecule has 17 heavy (non-hydrogen) atoms.